The van der Waals surface area contributed by atoms with E-state index in [2.05, 4.69) is 50.3 Å². The largest absolute Gasteiger partial charge is 0.544 e. The van der Waals surface area contributed by atoms with Gasteiger partial charge in [-0.3, -0.25) is 9.59 Å². The van der Waals surface area contributed by atoms with Crippen LogP contribution in [-0.2, 0) is 28.6 Å². The first-order valence-corrected chi connectivity index (χ1v) is 21.5. The highest BCUT2D eigenvalue weighted by atomic mass is 16.6. The molecule has 0 heterocycles. The fourth-order valence-corrected chi connectivity index (χ4v) is 6.08. The first-order chi connectivity index (χ1) is 25.6. The molecule has 0 aromatic carbocycles. The standard InChI is InChI=1S/C45H81NO7/c1-6-8-10-12-14-16-18-20-22-24-25-27-29-31-33-35-43(47)52-40-41(39-51-38-37-42(45(49)50)46(3,4)5)53-44(48)36-34-32-30-28-26-23-21-19-17-15-13-11-9-7-2/h13,15,19-22,41-42H,6-12,14,16-18,23-40H2,1-5H3/b15-13-,21-19-,22-20-. The lowest BCUT2D eigenvalue weighted by Gasteiger charge is -2.34. The van der Waals surface area contributed by atoms with E-state index >= 15 is 0 Å². The number of esters is 2. The van der Waals surface area contributed by atoms with E-state index in [4.69, 9.17) is 14.2 Å². The molecule has 0 aromatic rings. The van der Waals surface area contributed by atoms with Crippen LogP contribution in [0.15, 0.2) is 36.5 Å². The van der Waals surface area contributed by atoms with Gasteiger partial charge in [-0.05, 0) is 64.2 Å². The van der Waals surface area contributed by atoms with E-state index in [0.717, 1.165) is 77.0 Å². The molecule has 8 nitrogen and oxygen atoms in total. The zero-order valence-corrected chi connectivity index (χ0v) is 34.9. The monoisotopic (exact) mass is 748 g/mol. The van der Waals surface area contributed by atoms with Gasteiger partial charge in [-0.2, -0.15) is 0 Å². The average molecular weight is 748 g/mol. The van der Waals surface area contributed by atoms with Crippen molar-refractivity contribution in [2.24, 2.45) is 0 Å². The van der Waals surface area contributed by atoms with E-state index in [1.807, 2.05) is 0 Å². The summed E-state index contributed by atoms with van der Waals surface area (Å²) in [6.07, 6.45) is 40.2. The second kappa shape index (κ2) is 36.5. The number of carboxylic acid groups (broad SMARTS) is 1. The molecule has 0 fully saturated rings. The van der Waals surface area contributed by atoms with Crippen LogP contribution in [0.2, 0.25) is 0 Å². The molecular weight excluding hydrogens is 666 g/mol. The zero-order valence-electron chi connectivity index (χ0n) is 34.9. The van der Waals surface area contributed by atoms with Crippen molar-refractivity contribution in [3.8, 4) is 0 Å². The van der Waals surface area contributed by atoms with Gasteiger partial charge in [0.15, 0.2) is 6.10 Å². The van der Waals surface area contributed by atoms with Crippen LogP contribution in [0.5, 0.6) is 0 Å². The Hall–Kier alpha value is -2.45. The second-order valence-corrected chi connectivity index (χ2v) is 15.6. The van der Waals surface area contributed by atoms with Crippen molar-refractivity contribution in [2.75, 3.05) is 41.0 Å². The third kappa shape index (κ3) is 35.0. The lowest BCUT2D eigenvalue weighted by Crippen LogP contribution is -2.55. The summed E-state index contributed by atoms with van der Waals surface area (Å²) in [5, 5.41) is 11.6. The summed E-state index contributed by atoms with van der Waals surface area (Å²) in [6.45, 7) is 4.59. The average Bonchev–Trinajstić information content (AvgIpc) is 3.11. The van der Waals surface area contributed by atoms with Gasteiger partial charge in [0.2, 0.25) is 0 Å². The number of likely N-dealkylation sites (N-methyl/N-ethyl adjacent to an activating group) is 1. The third-order valence-corrected chi connectivity index (χ3v) is 9.50. The number of unbranched alkanes of at least 4 members (excludes halogenated alkanes) is 18. The van der Waals surface area contributed by atoms with E-state index in [1.54, 1.807) is 21.1 Å². The summed E-state index contributed by atoms with van der Waals surface area (Å²) >= 11 is 0. The number of hydrogen-bond acceptors (Lipinski definition) is 7. The first-order valence-electron chi connectivity index (χ1n) is 21.5. The Morgan fingerprint density at radius 3 is 1.53 bits per heavy atom. The second-order valence-electron chi connectivity index (χ2n) is 15.6. The minimum absolute atomic E-state index is 0.0331. The Balaban J connectivity index is 4.39. The Labute approximate surface area is 325 Å². The predicted octanol–water partition coefficient (Wildman–Crippen LogP) is 10.1. The van der Waals surface area contributed by atoms with Gasteiger partial charge >= 0.3 is 11.9 Å². The van der Waals surface area contributed by atoms with Crippen molar-refractivity contribution in [1.29, 1.82) is 0 Å². The van der Waals surface area contributed by atoms with E-state index in [9.17, 15) is 19.5 Å². The Kier molecular flexibility index (Phi) is 34.8. The van der Waals surface area contributed by atoms with Crippen LogP contribution in [-0.4, -0.2) is 75.5 Å². The van der Waals surface area contributed by atoms with Crippen molar-refractivity contribution in [3.05, 3.63) is 36.5 Å². The minimum Gasteiger partial charge on any atom is -0.544 e. The Morgan fingerprint density at radius 1 is 0.566 bits per heavy atom. The molecule has 0 saturated heterocycles. The molecule has 0 aliphatic rings. The van der Waals surface area contributed by atoms with Gasteiger partial charge < -0.3 is 28.6 Å². The Morgan fingerprint density at radius 2 is 1.02 bits per heavy atom. The lowest BCUT2D eigenvalue weighted by molar-refractivity contribution is -0.889. The minimum atomic E-state index is -1.13. The summed E-state index contributed by atoms with van der Waals surface area (Å²) in [6, 6.07) is -0.728. The summed E-state index contributed by atoms with van der Waals surface area (Å²) in [7, 11) is 5.39. The quantitative estimate of drug-likeness (QED) is 0.0268. The molecule has 53 heavy (non-hydrogen) atoms. The van der Waals surface area contributed by atoms with Gasteiger partial charge in [0.05, 0.1) is 40.3 Å². The number of hydrogen-bond donors (Lipinski definition) is 0. The number of aliphatic carboxylic acids is 1. The predicted molar refractivity (Wildman–Crippen MR) is 217 cm³/mol. The van der Waals surface area contributed by atoms with E-state index < -0.39 is 18.1 Å². The van der Waals surface area contributed by atoms with Crippen LogP contribution >= 0.6 is 0 Å². The van der Waals surface area contributed by atoms with Crippen molar-refractivity contribution in [2.45, 2.75) is 193 Å². The number of allylic oxidation sites excluding steroid dienone is 6. The number of carbonyl (C=O) groups excluding carboxylic acids is 3. The number of rotatable bonds is 38. The molecule has 0 radical (unpaired) electrons. The highest BCUT2D eigenvalue weighted by Crippen LogP contribution is 2.13. The van der Waals surface area contributed by atoms with Crippen molar-refractivity contribution in [1.82, 2.24) is 0 Å². The van der Waals surface area contributed by atoms with Crippen LogP contribution in [0.4, 0.5) is 0 Å². The van der Waals surface area contributed by atoms with Gasteiger partial charge in [0.1, 0.15) is 12.6 Å². The maximum Gasteiger partial charge on any atom is 0.306 e. The number of ether oxygens (including phenoxy) is 3. The van der Waals surface area contributed by atoms with E-state index in [-0.39, 0.29) is 42.7 Å². The fourth-order valence-electron chi connectivity index (χ4n) is 6.08. The normalized spacial score (nSPS) is 13.3. The zero-order chi connectivity index (χ0) is 39.3. The molecule has 0 bridgehead atoms. The molecular formula is C45H81NO7. The lowest BCUT2D eigenvalue weighted by atomic mass is 10.1. The highest BCUT2D eigenvalue weighted by Gasteiger charge is 2.25. The third-order valence-electron chi connectivity index (χ3n) is 9.50. The molecule has 2 unspecified atom stereocenters. The van der Waals surface area contributed by atoms with Crippen molar-refractivity contribution in [3.63, 3.8) is 0 Å². The number of quaternary nitrogens is 1. The van der Waals surface area contributed by atoms with E-state index in [1.165, 1.54) is 70.6 Å². The van der Waals surface area contributed by atoms with Crippen LogP contribution in [0.1, 0.15) is 181 Å². The smallest absolute Gasteiger partial charge is 0.306 e. The maximum atomic E-state index is 12.7. The molecule has 0 aliphatic carbocycles. The topological polar surface area (TPSA) is 102 Å². The summed E-state index contributed by atoms with van der Waals surface area (Å²) in [5.41, 5.74) is 0. The first kappa shape index (κ1) is 50.5. The van der Waals surface area contributed by atoms with Crippen LogP contribution < -0.4 is 5.11 Å². The van der Waals surface area contributed by atoms with Gasteiger partial charge in [-0.1, -0.05) is 134 Å². The molecule has 2 atom stereocenters. The molecule has 308 valence electrons. The van der Waals surface area contributed by atoms with Crippen molar-refractivity contribution >= 4 is 17.9 Å². The maximum absolute atomic E-state index is 12.7. The summed E-state index contributed by atoms with van der Waals surface area (Å²) < 4.78 is 17.1. The van der Waals surface area contributed by atoms with Gasteiger partial charge in [-0.25, -0.2) is 0 Å². The van der Waals surface area contributed by atoms with Gasteiger partial charge in [0.25, 0.3) is 0 Å². The van der Waals surface area contributed by atoms with Crippen LogP contribution in [0.25, 0.3) is 0 Å². The van der Waals surface area contributed by atoms with Crippen LogP contribution in [0.3, 0.4) is 0 Å². The molecule has 0 aromatic heterocycles. The molecule has 8 heteroatoms. The number of carbonyl (C=O) groups is 3. The summed E-state index contributed by atoms with van der Waals surface area (Å²) in [5.74, 6) is -1.76. The fraction of sp³-hybridized carbons (Fsp3) is 0.800. The van der Waals surface area contributed by atoms with Gasteiger partial charge in [-0.15, -0.1) is 0 Å². The number of carboxylic acids is 1. The highest BCUT2D eigenvalue weighted by molar-refractivity contribution is 5.70. The summed E-state index contributed by atoms with van der Waals surface area (Å²) in [4.78, 5) is 36.8. The van der Waals surface area contributed by atoms with Crippen LogP contribution in [0, 0.1) is 0 Å². The molecule has 0 spiro atoms. The molecule has 0 aliphatic heterocycles. The molecule has 0 amide bonds. The molecule has 0 saturated carbocycles. The van der Waals surface area contributed by atoms with E-state index in [0.29, 0.717) is 12.8 Å². The SMILES string of the molecule is CCCC/C=C\C/C=C\CCCCCCCC(=O)OC(COCCC(C(=O)[O-])[N+](C)(C)C)COC(=O)CCCCCCC/C=C\CCCCCCCC. The Bertz CT molecular complexity index is 968. The van der Waals surface area contributed by atoms with Crippen molar-refractivity contribution < 1.29 is 38.2 Å². The molecule has 0 rings (SSSR count). The molecule has 0 N–H and O–H groups in total. The van der Waals surface area contributed by atoms with Gasteiger partial charge in [0, 0.05) is 19.3 Å². The number of nitrogens with zero attached hydrogens (tertiary/aromatic N) is 1.